The summed E-state index contributed by atoms with van der Waals surface area (Å²) in [4.78, 5) is 14.7. The summed E-state index contributed by atoms with van der Waals surface area (Å²) in [6, 6.07) is 4.73. The number of nitrogens with one attached hydrogen (secondary N) is 3. The number of amides is 1. The second-order valence-corrected chi connectivity index (χ2v) is 6.87. The zero-order chi connectivity index (χ0) is 17.4. The molecule has 1 saturated heterocycles. The highest BCUT2D eigenvalue weighted by molar-refractivity contribution is 6.31. The normalized spacial score (nSPS) is 19.8. The number of rotatable bonds is 3. The highest BCUT2D eigenvalue weighted by Gasteiger charge is 2.27. The summed E-state index contributed by atoms with van der Waals surface area (Å²) < 4.78 is 13.3. The first kappa shape index (κ1) is 16.4. The highest BCUT2D eigenvalue weighted by Crippen LogP contribution is 2.26. The lowest BCUT2D eigenvalue weighted by Gasteiger charge is -2.19. The molecule has 1 unspecified atom stereocenters. The predicted molar refractivity (Wildman–Crippen MR) is 93.5 cm³/mol. The van der Waals surface area contributed by atoms with Crippen molar-refractivity contribution >= 4 is 23.2 Å². The van der Waals surface area contributed by atoms with Crippen molar-refractivity contribution in [3.8, 4) is 0 Å². The fourth-order valence-corrected chi connectivity index (χ4v) is 3.64. The number of hydrogen-bond donors (Lipinski definition) is 3. The Balaban J connectivity index is 1.41. The minimum Gasteiger partial charge on any atom is -0.369 e. The Hall–Kier alpha value is -2.12. The lowest BCUT2D eigenvalue weighted by molar-refractivity contribution is 0.0934. The molecule has 2 aliphatic rings. The van der Waals surface area contributed by atoms with Crippen LogP contribution in [0.4, 0.5) is 10.1 Å². The van der Waals surface area contributed by atoms with E-state index in [1.165, 1.54) is 6.07 Å². The van der Waals surface area contributed by atoms with E-state index < -0.39 is 5.82 Å². The van der Waals surface area contributed by atoms with Crippen LogP contribution in [0.5, 0.6) is 0 Å². The molecule has 6 nitrogen and oxygen atoms in total. The monoisotopic (exact) mass is 363 g/mol. The molecule has 0 spiro atoms. The van der Waals surface area contributed by atoms with E-state index >= 15 is 0 Å². The van der Waals surface area contributed by atoms with Crippen LogP contribution < -0.4 is 15.5 Å². The Morgan fingerprint density at radius 3 is 3.16 bits per heavy atom. The van der Waals surface area contributed by atoms with Crippen LogP contribution in [-0.4, -0.2) is 41.8 Å². The van der Waals surface area contributed by atoms with Gasteiger partial charge in [0.05, 0.1) is 5.02 Å². The van der Waals surface area contributed by atoms with E-state index in [1.807, 2.05) is 0 Å². The average Bonchev–Trinajstić information content (AvgIpc) is 3.24. The number of aromatic nitrogens is 2. The molecule has 4 rings (SSSR count). The molecule has 25 heavy (non-hydrogen) atoms. The summed E-state index contributed by atoms with van der Waals surface area (Å²) in [5.74, 6) is -0.573. The summed E-state index contributed by atoms with van der Waals surface area (Å²) >= 11 is 5.86. The van der Waals surface area contributed by atoms with Crippen molar-refractivity contribution in [3.63, 3.8) is 0 Å². The molecule has 2 aliphatic heterocycles. The van der Waals surface area contributed by atoms with Crippen LogP contribution >= 0.6 is 11.6 Å². The second-order valence-electron chi connectivity index (χ2n) is 6.46. The number of benzene rings is 1. The van der Waals surface area contributed by atoms with Gasteiger partial charge in [0.2, 0.25) is 0 Å². The summed E-state index contributed by atoms with van der Waals surface area (Å²) in [6.07, 6.45) is 1.68. The van der Waals surface area contributed by atoms with Crippen LogP contribution in [0, 0.1) is 5.82 Å². The molecule has 0 saturated carbocycles. The molecular formula is C17H19ClFN5O. The molecule has 3 heterocycles. The Labute approximate surface area is 149 Å². The lowest BCUT2D eigenvalue weighted by Crippen LogP contribution is -2.38. The van der Waals surface area contributed by atoms with Crippen molar-refractivity contribution in [2.75, 3.05) is 24.5 Å². The number of carbonyl (C=O) groups is 1. The summed E-state index contributed by atoms with van der Waals surface area (Å²) in [5, 5.41) is 13.6. The molecule has 8 heteroatoms. The van der Waals surface area contributed by atoms with Crippen LogP contribution in [0.2, 0.25) is 5.02 Å². The lowest BCUT2D eigenvalue weighted by atomic mass is 10.1. The van der Waals surface area contributed by atoms with E-state index in [2.05, 4.69) is 25.7 Å². The quantitative estimate of drug-likeness (QED) is 0.778. The van der Waals surface area contributed by atoms with E-state index in [0.717, 1.165) is 42.9 Å². The molecule has 132 valence electrons. The number of carbonyl (C=O) groups excluding carboxylic acids is 1. The molecule has 1 atom stereocenters. The average molecular weight is 364 g/mol. The molecule has 3 N–H and O–H groups in total. The van der Waals surface area contributed by atoms with Gasteiger partial charge in [0.15, 0.2) is 5.69 Å². The molecule has 1 fully saturated rings. The largest absolute Gasteiger partial charge is 0.369 e. The van der Waals surface area contributed by atoms with Gasteiger partial charge in [-0.3, -0.25) is 9.89 Å². The standard InChI is InChI=1S/C17H19ClFN5O/c18-13-7-11(1-2-14(13)19)24-6-4-10(9-24)21-17(25)16-12-8-20-5-3-15(12)22-23-16/h1-2,7,10,20H,3-6,8-9H2,(H,21,25)(H,22,23). The second kappa shape index (κ2) is 6.65. The molecule has 1 aromatic carbocycles. The number of aromatic amines is 1. The van der Waals surface area contributed by atoms with Crippen LogP contribution in [0.1, 0.15) is 28.2 Å². The maximum atomic E-state index is 13.3. The summed E-state index contributed by atoms with van der Waals surface area (Å²) in [5.41, 5.74) is 3.34. The van der Waals surface area contributed by atoms with Gasteiger partial charge in [0.1, 0.15) is 5.82 Å². The minimum absolute atomic E-state index is 0.0280. The first-order chi connectivity index (χ1) is 12.1. The van der Waals surface area contributed by atoms with Gasteiger partial charge < -0.3 is 15.5 Å². The van der Waals surface area contributed by atoms with Crippen molar-refractivity contribution in [2.45, 2.75) is 25.4 Å². The molecule has 0 aliphatic carbocycles. The van der Waals surface area contributed by atoms with Gasteiger partial charge in [-0.1, -0.05) is 11.6 Å². The van der Waals surface area contributed by atoms with Crippen LogP contribution in [0.3, 0.4) is 0 Å². The van der Waals surface area contributed by atoms with Gasteiger partial charge >= 0.3 is 0 Å². The van der Waals surface area contributed by atoms with E-state index in [0.29, 0.717) is 18.8 Å². The van der Waals surface area contributed by atoms with Gasteiger partial charge in [-0.15, -0.1) is 0 Å². The smallest absolute Gasteiger partial charge is 0.272 e. The van der Waals surface area contributed by atoms with Crippen LogP contribution in [0.25, 0.3) is 0 Å². The van der Waals surface area contributed by atoms with E-state index in [9.17, 15) is 9.18 Å². The Morgan fingerprint density at radius 2 is 2.32 bits per heavy atom. The summed E-state index contributed by atoms with van der Waals surface area (Å²) in [6.45, 7) is 3.01. The van der Waals surface area contributed by atoms with Crippen molar-refractivity contribution in [1.29, 1.82) is 0 Å². The van der Waals surface area contributed by atoms with Gasteiger partial charge in [0.25, 0.3) is 5.91 Å². The third-order valence-corrected chi connectivity index (χ3v) is 5.10. The predicted octanol–water partition coefficient (Wildman–Crippen LogP) is 1.86. The Kier molecular flexibility index (Phi) is 4.35. The third kappa shape index (κ3) is 3.21. The number of anilines is 1. The maximum absolute atomic E-state index is 13.3. The van der Waals surface area contributed by atoms with Gasteiger partial charge in [-0.25, -0.2) is 4.39 Å². The van der Waals surface area contributed by atoms with E-state index in [-0.39, 0.29) is 17.0 Å². The first-order valence-electron chi connectivity index (χ1n) is 8.39. The topological polar surface area (TPSA) is 73.0 Å². The number of fused-ring (bicyclic) bond motifs is 1. The fourth-order valence-electron chi connectivity index (χ4n) is 3.46. The van der Waals surface area contributed by atoms with Crippen molar-refractivity contribution < 1.29 is 9.18 Å². The fraction of sp³-hybridized carbons (Fsp3) is 0.412. The summed E-state index contributed by atoms with van der Waals surface area (Å²) in [7, 11) is 0. The third-order valence-electron chi connectivity index (χ3n) is 4.81. The molecule has 0 radical (unpaired) electrons. The Morgan fingerprint density at radius 1 is 1.44 bits per heavy atom. The van der Waals surface area contributed by atoms with Crippen LogP contribution in [-0.2, 0) is 13.0 Å². The van der Waals surface area contributed by atoms with Crippen molar-refractivity contribution in [3.05, 3.63) is 46.0 Å². The van der Waals surface area contributed by atoms with Crippen LogP contribution in [0.15, 0.2) is 18.2 Å². The van der Waals surface area contributed by atoms with Crippen molar-refractivity contribution in [2.24, 2.45) is 0 Å². The molecule has 0 bridgehead atoms. The minimum atomic E-state index is -0.425. The highest BCUT2D eigenvalue weighted by atomic mass is 35.5. The van der Waals surface area contributed by atoms with Gasteiger partial charge in [0, 0.05) is 55.6 Å². The van der Waals surface area contributed by atoms with E-state index in [4.69, 9.17) is 11.6 Å². The molecule has 2 aromatic rings. The first-order valence-corrected chi connectivity index (χ1v) is 8.77. The van der Waals surface area contributed by atoms with Gasteiger partial charge in [-0.05, 0) is 24.6 Å². The van der Waals surface area contributed by atoms with Crippen molar-refractivity contribution in [1.82, 2.24) is 20.8 Å². The van der Waals surface area contributed by atoms with E-state index in [1.54, 1.807) is 12.1 Å². The van der Waals surface area contributed by atoms with Gasteiger partial charge in [-0.2, -0.15) is 5.10 Å². The molecular weight excluding hydrogens is 345 g/mol. The molecule has 1 amide bonds. The molecule has 1 aromatic heterocycles. The zero-order valence-electron chi connectivity index (χ0n) is 13.6. The number of H-pyrrole nitrogens is 1. The SMILES string of the molecule is O=C(NC1CCN(c2ccc(F)c(Cl)c2)C1)c1n[nH]c2c1CNCC2. The maximum Gasteiger partial charge on any atom is 0.272 e. The Bertz CT molecular complexity index is 808. The number of halogens is 2. The number of nitrogens with zero attached hydrogens (tertiary/aromatic N) is 2. The number of hydrogen-bond acceptors (Lipinski definition) is 4. The zero-order valence-corrected chi connectivity index (χ0v) is 14.4.